The number of nitrogens with one attached hydrogen (secondary N) is 1. The SMILES string of the molecule is COc1ccc(OC)c([C@H]2C[C@@H](c3ccc(I)cc3)Nc3nnnn32)c1. The van der Waals surface area contributed by atoms with E-state index in [4.69, 9.17) is 9.47 Å². The van der Waals surface area contributed by atoms with Crippen LogP contribution in [0, 0.1) is 3.57 Å². The van der Waals surface area contributed by atoms with E-state index < -0.39 is 0 Å². The first kappa shape index (κ1) is 17.1. The van der Waals surface area contributed by atoms with Gasteiger partial charge in [0, 0.05) is 9.13 Å². The van der Waals surface area contributed by atoms with E-state index in [-0.39, 0.29) is 12.1 Å². The molecular weight excluding hydrogens is 445 g/mol. The third kappa shape index (κ3) is 3.09. The largest absolute Gasteiger partial charge is 0.497 e. The monoisotopic (exact) mass is 463 g/mol. The summed E-state index contributed by atoms with van der Waals surface area (Å²) in [5.41, 5.74) is 2.20. The zero-order valence-corrected chi connectivity index (χ0v) is 16.5. The lowest BCUT2D eigenvalue weighted by Crippen LogP contribution is -2.28. The van der Waals surface area contributed by atoms with Crippen LogP contribution in [0.15, 0.2) is 42.5 Å². The van der Waals surface area contributed by atoms with E-state index in [0.717, 1.165) is 23.5 Å². The molecule has 3 aromatic rings. The van der Waals surface area contributed by atoms with E-state index in [1.54, 1.807) is 18.9 Å². The second-order valence-corrected chi connectivity index (χ2v) is 7.30. The average Bonchev–Trinajstić information content (AvgIpc) is 3.16. The Kier molecular flexibility index (Phi) is 4.66. The van der Waals surface area contributed by atoms with Crippen molar-refractivity contribution in [1.82, 2.24) is 20.2 Å². The minimum atomic E-state index is -0.0596. The van der Waals surface area contributed by atoms with Gasteiger partial charge in [-0.1, -0.05) is 17.2 Å². The van der Waals surface area contributed by atoms with E-state index in [1.807, 2.05) is 18.2 Å². The first-order chi connectivity index (χ1) is 12.7. The molecule has 2 heterocycles. The smallest absolute Gasteiger partial charge is 0.243 e. The molecule has 8 heteroatoms. The number of nitrogens with zero attached hydrogens (tertiary/aromatic N) is 4. The molecule has 0 aliphatic carbocycles. The summed E-state index contributed by atoms with van der Waals surface area (Å²) in [5, 5.41) is 15.6. The van der Waals surface area contributed by atoms with E-state index >= 15 is 0 Å². The van der Waals surface area contributed by atoms with Crippen LogP contribution in [0.3, 0.4) is 0 Å². The Morgan fingerprint density at radius 2 is 1.92 bits per heavy atom. The molecule has 134 valence electrons. The van der Waals surface area contributed by atoms with Crippen molar-refractivity contribution in [3.05, 3.63) is 57.2 Å². The van der Waals surface area contributed by atoms with Gasteiger partial charge in [-0.3, -0.25) is 0 Å². The number of halogens is 1. The lowest BCUT2D eigenvalue weighted by atomic mass is 9.92. The van der Waals surface area contributed by atoms with Gasteiger partial charge in [0.25, 0.3) is 0 Å². The van der Waals surface area contributed by atoms with Gasteiger partial charge in [0.05, 0.1) is 26.3 Å². The fourth-order valence-electron chi connectivity index (χ4n) is 3.31. The molecule has 2 aromatic carbocycles. The van der Waals surface area contributed by atoms with Crippen LogP contribution in [0.1, 0.15) is 29.6 Å². The lowest BCUT2D eigenvalue weighted by molar-refractivity contribution is 0.371. The lowest BCUT2D eigenvalue weighted by Gasteiger charge is -2.31. The molecule has 0 saturated carbocycles. The van der Waals surface area contributed by atoms with Gasteiger partial charge in [0.1, 0.15) is 11.5 Å². The van der Waals surface area contributed by atoms with Crippen molar-refractivity contribution < 1.29 is 9.47 Å². The predicted molar refractivity (Wildman–Crippen MR) is 106 cm³/mol. The van der Waals surface area contributed by atoms with Crippen molar-refractivity contribution in [2.45, 2.75) is 18.5 Å². The molecule has 1 aliphatic rings. The number of benzene rings is 2. The molecule has 0 saturated heterocycles. The number of rotatable bonds is 4. The molecule has 1 aliphatic heterocycles. The van der Waals surface area contributed by atoms with E-state index in [9.17, 15) is 0 Å². The van der Waals surface area contributed by atoms with Gasteiger partial charge in [0.2, 0.25) is 5.95 Å². The van der Waals surface area contributed by atoms with Crippen LogP contribution in [-0.4, -0.2) is 34.4 Å². The average molecular weight is 463 g/mol. The first-order valence-electron chi connectivity index (χ1n) is 8.21. The van der Waals surface area contributed by atoms with Crippen molar-refractivity contribution in [3.8, 4) is 11.5 Å². The van der Waals surface area contributed by atoms with Crippen molar-refractivity contribution in [2.75, 3.05) is 19.5 Å². The predicted octanol–water partition coefficient (Wildman–Crippen LogP) is 3.44. The van der Waals surface area contributed by atoms with Crippen LogP contribution in [0.25, 0.3) is 0 Å². The van der Waals surface area contributed by atoms with Crippen molar-refractivity contribution in [2.24, 2.45) is 0 Å². The standard InChI is InChI=1S/C18H18IN5O2/c1-25-13-7-8-17(26-2)14(9-13)16-10-15(11-3-5-12(19)6-4-11)20-18-21-22-23-24(16)18/h3-9,15-16H,10H2,1-2H3,(H,20,21,23)/t15-,16+/m0/s1. The molecule has 0 spiro atoms. The van der Waals surface area contributed by atoms with Gasteiger partial charge in [-0.15, -0.1) is 0 Å². The molecule has 0 fully saturated rings. The molecule has 0 bridgehead atoms. The van der Waals surface area contributed by atoms with Gasteiger partial charge < -0.3 is 14.8 Å². The summed E-state index contributed by atoms with van der Waals surface area (Å²) >= 11 is 2.31. The topological polar surface area (TPSA) is 74.1 Å². The quantitative estimate of drug-likeness (QED) is 0.598. The molecule has 7 nitrogen and oxygen atoms in total. The fraction of sp³-hybridized carbons (Fsp3) is 0.278. The number of methoxy groups -OCH3 is 2. The summed E-state index contributed by atoms with van der Waals surface area (Å²) in [5.74, 6) is 2.22. The fourth-order valence-corrected chi connectivity index (χ4v) is 3.67. The molecule has 0 amide bonds. The van der Waals surface area contributed by atoms with E-state index in [0.29, 0.717) is 5.95 Å². The van der Waals surface area contributed by atoms with Crippen LogP contribution < -0.4 is 14.8 Å². The highest BCUT2D eigenvalue weighted by Gasteiger charge is 2.32. The molecule has 0 radical (unpaired) electrons. The highest BCUT2D eigenvalue weighted by molar-refractivity contribution is 14.1. The Hall–Kier alpha value is -2.36. The number of anilines is 1. The molecule has 0 unspecified atom stereocenters. The second-order valence-electron chi connectivity index (χ2n) is 6.05. The molecule has 26 heavy (non-hydrogen) atoms. The summed E-state index contributed by atoms with van der Waals surface area (Å²) in [6.45, 7) is 0. The Bertz CT molecular complexity index is 912. The summed E-state index contributed by atoms with van der Waals surface area (Å²) < 4.78 is 14.0. The molecule has 4 rings (SSSR count). The summed E-state index contributed by atoms with van der Waals surface area (Å²) in [6, 6.07) is 14.3. The van der Waals surface area contributed by atoms with Crippen LogP contribution in [0.2, 0.25) is 0 Å². The third-order valence-corrected chi connectivity index (χ3v) is 5.34. The summed E-state index contributed by atoms with van der Waals surface area (Å²) in [7, 11) is 3.33. The zero-order valence-electron chi connectivity index (χ0n) is 14.4. The maximum absolute atomic E-state index is 5.59. The highest BCUT2D eigenvalue weighted by atomic mass is 127. The second kappa shape index (κ2) is 7.10. The maximum Gasteiger partial charge on any atom is 0.243 e. The van der Waals surface area contributed by atoms with Gasteiger partial charge in [-0.25, -0.2) is 4.68 Å². The Balaban J connectivity index is 1.77. The zero-order chi connectivity index (χ0) is 18.1. The Morgan fingerprint density at radius 1 is 1.12 bits per heavy atom. The Labute approximate surface area is 164 Å². The molecule has 1 N–H and O–H groups in total. The summed E-state index contributed by atoms with van der Waals surface area (Å²) in [6.07, 6.45) is 0.794. The Morgan fingerprint density at radius 3 is 2.65 bits per heavy atom. The van der Waals surface area contributed by atoms with Crippen LogP contribution in [0.5, 0.6) is 11.5 Å². The molecule has 2 atom stereocenters. The molecule has 1 aromatic heterocycles. The number of hydrogen-bond donors (Lipinski definition) is 1. The van der Waals surface area contributed by atoms with Crippen molar-refractivity contribution in [3.63, 3.8) is 0 Å². The van der Waals surface area contributed by atoms with Crippen LogP contribution >= 0.6 is 22.6 Å². The van der Waals surface area contributed by atoms with Gasteiger partial charge >= 0.3 is 0 Å². The van der Waals surface area contributed by atoms with Crippen molar-refractivity contribution in [1.29, 1.82) is 0 Å². The van der Waals surface area contributed by atoms with E-state index in [1.165, 1.54) is 9.13 Å². The van der Waals surface area contributed by atoms with Gasteiger partial charge in [-0.2, -0.15) is 0 Å². The minimum Gasteiger partial charge on any atom is -0.497 e. The normalized spacial score (nSPS) is 18.7. The highest BCUT2D eigenvalue weighted by Crippen LogP contribution is 2.41. The number of tetrazole rings is 1. The maximum atomic E-state index is 5.59. The van der Waals surface area contributed by atoms with Gasteiger partial charge in [0.15, 0.2) is 0 Å². The number of hydrogen-bond acceptors (Lipinski definition) is 6. The molecular formula is C18H18IN5O2. The van der Waals surface area contributed by atoms with Crippen LogP contribution in [0.4, 0.5) is 5.95 Å². The van der Waals surface area contributed by atoms with Gasteiger partial charge in [-0.05, 0) is 75.3 Å². The third-order valence-electron chi connectivity index (χ3n) is 4.62. The summed E-state index contributed by atoms with van der Waals surface area (Å²) in [4.78, 5) is 0. The number of ether oxygens (including phenoxy) is 2. The van der Waals surface area contributed by atoms with Crippen LogP contribution in [-0.2, 0) is 0 Å². The first-order valence-corrected chi connectivity index (χ1v) is 9.29. The number of fused-ring (bicyclic) bond motifs is 1. The minimum absolute atomic E-state index is 0.0596. The number of aromatic nitrogens is 4. The van der Waals surface area contributed by atoms with E-state index in [2.05, 4.69) is 67.7 Å². The van der Waals surface area contributed by atoms with Crippen molar-refractivity contribution >= 4 is 28.5 Å².